The third-order valence-corrected chi connectivity index (χ3v) is 8.18. The Morgan fingerprint density at radius 2 is 1.21 bits per heavy atom. The van der Waals surface area contributed by atoms with Gasteiger partial charge in [0.25, 0.3) is 0 Å². The summed E-state index contributed by atoms with van der Waals surface area (Å²) in [5.41, 5.74) is 10.7. The van der Waals surface area contributed by atoms with Crippen LogP contribution in [0.1, 0.15) is 22.3 Å². The molecule has 1 atom stereocenters. The number of fused-ring (bicyclic) bond motifs is 11. The molecule has 1 unspecified atom stereocenters. The van der Waals surface area contributed by atoms with Crippen LogP contribution in [0.15, 0.2) is 114 Å². The summed E-state index contributed by atoms with van der Waals surface area (Å²) in [7, 11) is 0. The highest BCUT2D eigenvalue weighted by molar-refractivity contribution is 9.10. The molecule has 0 amide bonds. The van der Waals surface area contributed by atoms with Crippen LogP contribution < -0.4 is 9.64 Å². The van der Waals surface area contributed by atoms with E-state index in [0.717, 1.165) is 27.3 Å². The average molecular weight is 500 g/mol. The molecule has 5 aromatic carbocycles. The van der Waals surface area contributed by atoms with E-state index in [9.17, 15) is 0 Å². The number of nitrogens with zero attached hydrogens (tertiary/aromatic N) is 1. The molecular formula is C31H18BrNO. The van der Waals surface area contributed by atoms with Crippen molar-refractivity contribution in [2.24, 2.45) is 0 Å². The minimum absolute atomic E-state index is 0.427. The van der Waals surface area contributed by atoms with E-state index in [4.69, 9.17) is 4.74 Å². The molecular weight excluding hydrogens is 482 g/mol. The van der Waals surface area contributed by atoms with Gasteiger partial charge in [0.1, 0.15) is 0 Å². The molecule has 0 fully saturated rings. The topological polar surface area (TPSA) is 12.5 Å². The molecule has 2 heterocycles. The van der Waals surface area contributed by atoms with E-state index < -0.39 is 5.41 Å². The minimum Gasteiger partial charge on any atom is -0.453 e. The lowest BCUT2D eigenvalue weighted by atomic mass is 9.64. The molecule has 160 valence electrons. The molecule has 8 rings (SSSR count). The number of para-hydroxylation sites is 4. The molecule has 3 aliphatic rings. The van der Waals surface area contributed by atoms with E-state index in [-0.39, 0.29) is 0 Å². The summed E-state index contributed by atoms with van der Waals surface area (Å²) in [6, 6.07) is 39.1. The van der Waals surface area contributed by atoms with E-state index in [1.165, 1.54) is 39.1 Å². The standard InChI is InChI=1S/C31H18BrNO/c32-24-14-7-12-22-29(24)19-9-1-2-10-20(19)31(22)21-11-3-4-15-25(21)33-26-16-5-6-17-27(26)34-28-18-8-13-23(31)30(28)33/h1-18H. The van der Waals surface area contributed by atoms with Crippen LogP contribution >= 0.6 is 15.9 Å². The molecule has 0 bridgehead atoms. The lowest BCUT2D eigenvalue weighted by molar-refractivity contribution is 0.473. The van der Waals surface area contributed by atoms with Crippen molar-refractivity contribution in [3.8, 4) is 22.6 Å². The average Bonchev–Trinajstić information content (AvgIpc) is 3.18. The van der Waals surface area contributed by atoms with E-state index >= 15 is 0 Å². The predicted molar refractivity (Wildman–Crippen MR) is 140 cm³/mol. The van der Waals surface area contributed by atoms with Crippen LogP contribution in [0.25, 0.3) is 11.1 Å². The van der Waals surface area contributed by atoms with Crippen LogP contribution in [0.2, 0.25) is 0 Å². The van der Waals surface area contributed by atoms with E-state index in [0.29, 0.717) is 0 Å². The summed E-state index contributed by atoms with van der Waals surface area (Å²) in [6.45, 7) is 0. The van der Waals surface area contributed by atoms with Gasteiger partial charge in [-0.3, -0.25) is 0 Å². The van der Waals surface area contributed by atoms with Crippen molar-refractivity contribution in [2.75, 3.05) is 4.90 Å². The van der Waals surface area contributed by atoms with Gasteiger partial charge >= 0.3 is 0 Å². The fourth-order valence-electron chi connectivity index (χ4n) is 6.35. The molecule has 0 aromatic heterocycles. The summed E-state index contributed by atoms with van der Waals surface area (Å²) in [5, 5.41) is 0. The van der Waals surface area contributed by atoms with Gasteiger partial charge in [-0.25, -0.2) is 0 Å². The van der Waals surface area contributed by atoms with Gasteiger partial charge in [0.15, 0.2) is 11.5 Å². The molecule has 0 saturated carbocycles. The Hall–Kier alpha value is -3.82. The van der Waals surface area contributed by atoms with Gasteiger partial charge in [-0.1, -0.05) is 94.8 Å². The normalized spacial score (nSPS) is 17.9. The van der Waals surface area contributed by atoms with Crippen LogP contribution in [0.5, 0.6) is 11.5 Å². The fourth-order valence-corrected chi connectivity index (χ4v) is 6.93. The van der Waals surface area contributed by atoms with Gasteiger partial charge in [-0.15, -0.1) is 0 Å². The number of halogens is 1. The second-order valence-corrected chi connectivity index (χ2v) is 9.89. The summed E-state index contributed by atoms with van der Waals surface area (Å²) < 4.78 is 7.62. The first-order valence-electron chi connectivity index (χ1n) is 11.5. The summed E-state index contributed by atoms with van der Waals surface area (Å²) in [5.74, 6) is 1.78. The Bertz CT molecular complexity index is 1670. The molecule has 1 spiro atoms. The molecule has 2 nitrogen and oxygen atoms in total. The maximum atomic E-state index is 6.49. The number of benzene rings is 5. The van der Waals surface area contributed by atoms with Crippen molar-refractivity contribution in [1.82, 2.24) is 0 Å². The van der Waals surface area contributed by atoms with E-state index in [1.807, 2.05) is 6.07 Å². The maximum Gasteiger partial charge on any atom is 0.151 e. The zero-order chi connectivity index (χ0) is 22.4. The minimum atomic E-state index is -0.427. The highest BCUT2D eigenvalue weighted by Gasteiger charge is 2.53. The molecule has 2 aliphatic heterocycles. The second kappa shape index (κ2) is 6.40. The molecule has 3 heteroatoms. The maximum absolute atomic E-state index is 6.49. The van der Waals surface area contributed by atoms with Crippen LogP contribution in [-0.2, 0) is 5.41 Å². The van der Waals surface area contributed by atoms with Gasteiger partial charge in [-0.05, 0) is 58.1 Å². The zero-order valence-electron chi connectivity index (χ0n) is 18.1. The Balaban J connectivity index is 1.60. The van der Waals surface area contributed by atoms with Crippen molar-refractivity contribution in [3.05, 3.63) is 136 Å². The van der Waals surface area contributed by atoms with Crippen LogP contribution in [0.3, 0.4) is 0 Å². The van der Waals surface area contributed by atoms with Crippen LogP contribution in [0.4, 0.5) is 17.1 Å². The van der Waals surface area contributed by atoms with Gasteiger partial charge in [-0.2, -0.15) is 0 Å². The number of hydrogen-bond donors (Lipinski definition) is 0. The molecule has 1 aliphatic carbocycles. The lowest BCUT2D eigenvalue weighted by Crippen LogP contribution is -2.37. The first-order valence-corrected chi connectivity index (χ1v) is 12.3. The summed E-state index contributed by atoms with van der Waals surface area (Å²) in [6.07, 6.45) is 0. The van der Waals surface area contributed by atoms with Crippen molar-refractivity contribution in [1.29, 1.82) is 0 Å². The Morgan fingerprint density at radius 3 is 2.12 bits per heavy atom. The Morgan fingerprint density at radius 1 is 0.559 bits per heavy atom. The predicted octanol–water partition coefficient (Wildman–Crippen LogP) is 8.70. The number of rotatable bonds is 0. The zero-order valence-corrected chi connectivity index (χ0v) is 19.7. The third kappa shape index (κ3) is 2.03. The van der Waals surface area contributed by atoms with Crippen molar-refractivity contribution in [2.45, 2.75) is 5.41 Å². The molecule has 5 aromatic rings. The molecule has 0 N–H and O–H groups in total. The van der Waals surface area contributed by atoms with E-state index in [1.54, 1.807) is 0 Å². The van der Waals surface area contributed by atoms with Crippen molar-refractivity contribution < 1.29 is 4.74 Å². The van der Waals surface area contributed by atoms with Crippen molar-refractivity contribution >= 4 is 33.0 Å². The van der Waals surface area contributed by atoms with E-state index in [2.05, 4.69) is 124 Å². The van der Waals surface area contributed by atoms with Crippen LogP contribution in [0, 0.1) is 0 Å². The Labute approximate surface area is 206 Å². The quantitative estimate of drug-likeness (QED) is 0.207. The van der Waals surface area contributed by atoms with Gasteiger partial charge in [0.05, 0.1) is 22.5 Å². The summed E-state index contributed by atoms with van der Waals surface area (Å²) in [4.78, 5) is 2.39. The third-order valence-electron chi connectivity index (χ3n) is 7.52. The first kappa shape index (κ1) is 18.6. The van der Waals surface area contributed by atoms with Gasteiger partial charge in [0, 0.05) is 10.0 Å². The number of anilines is 3. The second-order valence-electron chi connectivity index (χ2n) is 9.03. The van der Waals surface area contributed by atoms with Crippen molar-refractivity contribution in [3.63, 3.8) is 0 Å². The fraction of sp³-hybridized carbons (Fsp3) is 0.0323. The first-order chi connectivity index (χ1) is 16.8. The highest BCUT2D eigenvalue weighted by Crippen LogP contribution is 2.67. The number of hydrogen-bond acceptors (Lipinski definition) is 2. The monoisotopic (exact) mass is 499 g/mol. The molecule has 0 saturated heterocycles. The van der Waals surface area contributed by atoms with Gasteiger partial charge in [0.2, 0.25) is 0 Å². The smallest absolute Gasteiger partial charge is 0.151 e. The Kier molecular flexibility index (Phi) is 3.50. The number of ether oxygens (including phenoxy) is 1. The lowest BCUT2D eigenvalue weighted by Gasteiger charge is -2.47. The van der Waals surface area contributed by atoms with Gasteiger partial charge < -0.3 is 9.64 Å². The largest absolute Gasteiger partial charge is 0.453 e. The van der Waals surface area contributed by atoms with Crippen LogP contribution in [-0.4, -0.2) is 0 Å². The molecule has 34 heavy (non-hydrogen) atoms. The molecule has 0 radical (unpaired) electrons. The SMILES string of the molecule is Brc1cccc2c1-c1ccccc1C21c2ccccc2N2c3ccccc3Oc3cccc1c32. The highest BCUT2D eigenvalue weighted by atomic mass is 79.9. The summed E-state index contributed by atoms with van der Waals surface area (Å²) >= 11 is 3.88.